The largest absolute Gasteiger partial charge is 0.357 e. The molecule has 5 nitrogen and oxygen atoms in total. The molecular weight excluding hydrogens is 288 g/mol. The van der Waals surface area contributed by atoms with Crippen LogP contribution in [-0.4, -0.2) is 38.0 Å². The molecule has 0 bridgehead atoms. The van der Waals surface area contributed by atoms with Gasteiger partial charge in [-0.2, -0.15) is 0 Å². The van der Waals surface area contributed by atoms with Crippen LogP contribution >= 0.6 is 0 Å². The van der Waals surface area contributed by atoms with E-state index in [1.165, 1.54) is 44.9 Å². The van der Waals surface area contributed by atoms with Gasteiger partial charge in [0.1, 0.15) is 0 Å². The molecule has 0 radical (unpaired) electrons. The first-order valence-electron chi connectivity index (χ1n) is 9.59. The fourth-order valence-corrected chi connectivity index (χ4v) is 3.24. The topological polar surface area (TPSA) is 65.5 Å². The smallest absolute Gasteiger partial charge is 0.223 e. The molecule has 2 fully saturated rings. The van der Waals surface area contributed by atoms with Crippen molar-refractivity contribution in [2.24, 2.45) is 16.8 Å². The van der Waals surface area contributed by atoms with Crippen LogP contribution in [-0.2, 0) is 4.79 Å². The summed E-state index contributed by atoms with van der Waals surface area (Å²) in [5.74, 6) is 2.31. The number of rotatable bonds is 9. The van der Waals surface area contributed by atoms with Crippen molar-refractivity contribution in [2.75, 3.05) is 26.2 Å². The molecular formula is C18H34N4O. The number of carbonyl (C=O) groups excluding carboxylic acids is 1. The van der Waals surface area contributed by atoms with Gasteiger partial charge in [-0.1, -0.05) is 32.1 Å². The van der Waals surface area contributed by atoms with Gasteiger partial charge in [0.2, 0.25) is 5.91 Å². The van der Waals surface area contributed by atoms with Crippen LogP contribution in [0.3, 0.4) is 0 Å². The predicted molar refractivity (Wildman–Crippen MR) is 95.5 cm³/mol. The van der Waals surface area contributed by atoms with Crippen molar-refractivity contribution in [1.29, 1.82) is 0 Å². The Morgan fingerprint density at radius 1 is 1.00 bits per heavy atom. The van der Waals surface area contributed by atoms with E-state index >= 15 is 0 Å². The Balaban J connectivity index is 1.56. The maximum atomic E-state index is 11.6. The van der Waals surface area contributed by atoms with Gasteiger partial charge in [-0.15, -0.1) is 0 Å². The van der Waals surface area contributed by atoms with Gasteiger partial charge in [0.05, 0.1) is 0 Å². The summed E-state index contributed by atoms with van der Waals surface area (Å²) < 4.78 is 0. The van der Waals surface area contributed by atoms with Crippen molar-refractivity contribution in [3.05, 3.63) is 0 Å². The molecule has 0 atom stereocenters. The van der Waals surface area contributed by atoms with Crippen molar-refractivity contribution in [3.8, 4) is 0 Å². The van der Waals surface area contributed by atoms with Gasteiger partial charge in [0.25, 0.3) is 0 Å². The molecule has 0 unspecified atom stereocenters. The lowest BCUT2D eigenvalue weighted by Crippen LogP contribution is -2.41. The second-order valence-corrected chi connectivity index (χ2v) is 6.90. The monoisotopic (exact) mass is 322 g/mol. The first kappa shape index (κ1) is 18.1. The molecule has 0 saturated heterocycles. The quantitative estimate of drug-likeness (QED) is 0.347. The third kappa shape index (κ3) is 7.71. The van der Waals surface area contributed by atoms with Gasteiger partial charge in [-0.05, 0) is 38.5 Å². The molecule has 132 valence electrons. The van der Waals surface area contributed by atoms with E-state index in [1.807, 2.05) is 0 Å². The number of guanidine groups is 1. The number of carbonyl (C=O) groups is 1. The van der Waals surface area contributed by atoms with E-state index in [2.05, 4.69) is 27.9 Å². The number of nitrogens with zero attached hydrogens (tertiary/aromatic N) is 1. The summed E-state index contributed by atoms with van der Waals surface area (Å²) in [4.78, 5) is 16.2. The zero-order valence-electron chi connectivity index (χ0n) is 14.7. The molecule has 2 aliphatic rings. The molecule has 2 rings (SSSR count). The van der Waals surface area contributed by atoms with Gasteiger partial charge >= 0.3 is 0 Å². The van der Waals surface area contributed by atoms with E-state index < -0.39 is 0 Å². The highest BCUT2D eigenvalue weighted by Gasteiger charge is 2.28. The lowest BCUT2D eigenvalue weighted by molar-refractivity contribution is -0.122. The van der Waals surface area contributed by atoms with Crippen molar-refractivity contribution < 1.29 is 4.79 Å². The fourth-order valence-electron chi connectivity index (χ4n) is 3.24. The molecule has 0 aromatic heterocycles. The van der Waals surface area contributed by atoms with Crippen LogP contribution in [0.5, 0.6) is 0 Å². The molecule has 5 heteroatoms. The Labute approximate surface area is 141 Å². The SMILES string of the molecule is CCNC(=NCCCC1CCCCC1)NCCNC(=O)C1CC1. The van der Waals surface area contributed by atoms with Crippen LogP contribution < -0.4 is 16.0 Å². The minimum Gasteiger partial charge on any atom is -0.357 e. The van der Waals surface area contributed by atoms with Gasteiger partial charge in [-0.25, -0.2) is 0 Å². The highest BCUT2D eigenvalue weighted by molar-refractivity contribution is 5.81. The van der Waals surface area contributed by atoms with E-state index in [0.29, 0.717) is 6.54 Å². The maximum absolute atomic E-state index is 11.6. The lowest BCUT2D eigenvalue weighted by Gasteiger charge is -2.20. The number of hydrogen-bond acceptors (Lipinski definition) is 2. The minimum absolute atomic E-state index is 0.209. The summed E-state index contributed by atoms with van der Waals surface area (Å²) >= 11 is 0. The van der Waals surface area contributed by atoms with Gasteiger partial charge in [-0.3, -0.25) is 9.79 Å². The third-order valence-electron chi connectivity index (χ3n) is 4.77. The normalized spacial score (nSPS) is 19.4. The fraction of sp³-hybridized carbons (Fsp3) is 0.889. The molecule has 0 aromatic rings. The van der Waals surface area contributed by atoms with Crippen LogP contribution in [0.4, 0.5) is 0 Å². The Kier molecular flexibility index (Phi) is 8.26. The zero-order chi connectivity index (χ0) is 16.3. The lowest BCUT2D eigenvalue weighted by atomic mass is 9.86. The molecule has 0 spiro atoms. The standard InChI is InChI=1S/C18H34N4O/c1-2-19-18(22-14-13-20-17(23)16-10-11-16)21-12-6-9-15-7-4-3-5-8-15/h15-16H,2-14H2,1H3,(H,20,23)(H2,19,21,22). The van der Waals surface area contributed by atoms with Gasteiger partial charge < -0.3 is 16.0 Å². The number of amides is 1. The Hall–Kier alpha value is -1.26. The van der Waals surface area contributed by atoms with E-state index in [4.69, 9.17) is 0 Å². The maximum Gasteiger partial charge on any atom is 0.223 e. The highest BCUT2D eigenvalue weighted by Crippen LogP contribution is 2.28. The van der Waals surface area contributed by atoms with Crippen molar-refractivity contribution in [2.45, 2.75) is 64.7 Å². The number of aliphatic imine (C=N–C) groups is 1. The molecule has 2 saturated carbocycles. The molecule has 0 heterocycles. The van der Waals surface area contributed by atoms with E-state index in [1.54, 1.807) is 0 Å². The van der Waals surface area contributed by atoms with Crippen LogP contribution in [0.1, 0.15) is 64.7 Å². The Morgan fingerprint density at radius 2 is 1.74 bits per heavy atom. The van der Waals surface area contributed by atoms with E-state index in [0.717, 1.165) is 44.4 Å². The first-order valence-corrected chi connectivity index (χ1v) is 9.59. The first-order chi connectivity index (χ1) is 11.3. The van der Waals surface area contributed by atoms with Gasteiger partial charge in [0.15, 0.2) is 5.96 Å². The summed E-state index contributed by atoms with van der Waals surface area (Å²) in [6, 6.07) is 0. The average Bonchev–Trinajstić information content (AvgIpc) is 3.41. The predicted octanol–water partition coefficient (Wildman–Crippen LogP) is 2.43. The molecule has 1 amide bonds. The second-order valence-electron chi connectivity index (χ2n) is 6.90. The third-order valence-corrected chi connectivity index (χ3v) is 4.77. The van der Waals surface area contributed by atoms with Crippen LogP contribution in [0.25, 0.3) is 0 Å². The Bertz CT molecular complexity index is 373. The van der Waals surface area contributed by atoms with Crippen LogP contribution in [0.15, 0.2) is 4.99 Å². The van der Waals surface area contributed by atoms with Crippen molar-refractivity contribution in [3.63, 3.8) is 0 Å². The average molecular weight is 322 g/mol. The summed E-state index contributed by atoms with van der Waals surface area (Å²) in [5, 5.41) is 9.54. The summed E-state index contributed by atoms with van der Waals surface area (Å²) in [6.07, 6.45) is 11.7. The van der Waals surface area contributed by atoms with Crippen LogP contribution in [0, 0.1) is 11.8 Å². The second kappa shape index (κ2) is 10.5. The molecule has 0 aromatic carbocycles. The van der Waals surface area contributed by atoms with Crippen molar-refractivity contribution >= 4 is 11.9 Å². The molecule has 0 aliphatic heterocycles. The summed E-state index contributed by atoms with van der Waals surface area (Å²) in [7, 11) is 0. The Morgan fingerprint density at radius 3 is 2.43 bits per heavy atom. The molecule has 3 N–H and O–H groups in total. The molecule has 23 heavy (non-hydrogen) atoms. The van der Waals surface area contributed by atoms with Crippen molar-refractivity contribution in [1.82, 2.24) is 16.0 Å². The van der Waals surface area contributed by atoms with E-state index in [-0.39, 0.29) is 11.8 Å². The number of nitrogens with one attached hydrogen (secondary N) is 3. The molecule has 2 aliphatic carbocycles. The minimum atomic E-state index is 0.209. The van der Waals surface area contributed by atoms with E-state index in [9.17, 15) is 4.79 Å². The number of hydrogen-bond donors (Lipinski definition) is 3. The summed E-state index contributed by atoms with van der Waals surface area (Å²) in [5.41, 5.74) is 0. The van der Waals surface area contributed by atoms with Gasteiger partial charge in [0, 0.05) is 32.1 Å². The summed E-state index contributed by atoms with van der Waals surface area (Å²) in [6.45, 7) is 5.23. The highest BCUT2D eigenvalue weighted by atomic mass is 16.2. The van der Waals surface area contributed by atoms with Crippen LogP contribution in [0.2, 0.25) is 0 Å². The zero-order valence-corrected chi connectivity index (χ0v) is 14.7.